The van der Waals surface area contributed by atoms with Gasteiger partial charge in [0, 0.05) is 24.2 Å². The van der Waals surface area contributed by atoms with Gasteiger partial charge in [-0.1, -0.05) is 0 Å². The van der Waals surface area contributed by atoms with E-state index in [1.807, 2.05) is 18.7 Å². The Labute approximate surface area is 122 Å². The molecule has 0 radical (unpaired) electrons. The average molecular weight is 299 g/mol. The number of ether oxygens (including phenoxy) is 1. The fourth-order valence-electron chi connectivity index (χ4n) is 3.14. The summed E-state index contributed by atoms with van der Waals surface area (Å²) in [6, 6.07) is 0. The zero-order valence-corrected chi connectivity index (χ0v) is 12.9. The minimum Gasteiger partial charge on any atom is -0.392 e. The van der Waals surface area contributed by atoms with Gasteiger partial charge < -0.3 is 9.84 Å². The van der Waals surface area contributed by atoms with Crippen LogP contribution in [-0.4, -0.2) is 39.9 Å². The molecule has 3 nitrogen and oxygen atoms in total. The summed E-state index contributed by atoms with van der Waals surface area (Å²) in [5, 5.41) is 13.6. The molecule has 1 N–H and O–H groups in total. The zero-order valence-electron chi connectivity index (χ0n) is 11.3. The van der Waals surface area contributed by atoms with E-state index in [2.05, 4.69) is 10.4 Å². The second-order valence-electron chi connectivity index (χ2n) is 5.72. The lowest BCUT2D eigenvalue weighted by Crippen LogP contribution is -2.43. The van der Waals surface area contributed by atoms with Gasteiger partial charge in [0.2, 0.25) is 0 Å². The molecule has 3 atom stereocenters. The van der Waals surface area contributed by atoms with Gasteiger partial charge in [-0.15, -0.1) is 11.3 Å². The highest BCUT2D eigenvalue weighted by atomic mass is 32.2. The molecule has 2 aliphatic heterocycles. The molecule has 0 aromatic carbocycles. The van der Waals surface area contributed by atoms with E-state index in [4.69, 9.17) is 4.74 Å². The molecular formula is C14H21NO2S2. The van der Waals surface area contributed by atoms with Gasteiger partial charge in [-0.05, 0) is 37.9 Å². The first-order valence-corrected chi connectivity index (χ1v) is 9.01. The Bertz CT molecular complexity index is 429. The Balaban J connectivity index is 1.61. The minimum atomic E-state index is -0.270. The van der Waals surface area contributed by atoms with E-state index in [0.29, 0.717) is 12.3 Å². The van der Waals surface area contributed by atoms with Crippen molar-refractivity contribution >= 4 is 23.1 Å². The third-order valence-corrected chi connectivity index (χ3v) is 6.27. The van der Waals surface area contributed by atoms with E-state index in [-0.39, 0.29) is 11.7 Å². The molecule has 1 spiro atoms. The minimum absolute atomic E-state index is 0.0621. The molecule has 2 saturated heterocycles. The van der Waals surface area contributed by atoms with Gasteiger partial charge in [0.25, 0.3) is 0 Å². The molecule has 106 valence electrons. The molecular weight excluding hydrogens is 278 g/mol. The number of thioether (sulfide) groups is 1. The van der Waals surface area contributed by atoms with Crippen LogP contribution < -0.4 is 0 Å². The van der Waals surface area contributed by atoms with Crippen molar-refractivity contribution in [2.75, 3.05) is 18.1 Å². The Morgan fingerprint density at radius 2 is 2.53 bits per heavy atom. The highest BCUT2D eigenvalue weighted by molar-refractivity contribution is 7.99. The van der Waals surface area contributed by atoms with Gasteiger partial charge in [-0.25, -0.2) is 4.98 Å². The summed E-state index contributed by atoms with van der Waals surface area (Å²) in [6.07, 6.45) is 3.57. The standard InChI is InChI=1S/C14H21NO2S2/c1-10-15-12(8-19-10)6-13(16)11-2-4-17-14(7-11)3-5-18-9-14/h8,11,13,16H,2-7,9H2,1H3. The third-order valence-electron chi connectivity index (χ3n) is 4.23. The van der Waals surface area contributed by atoms with E-state index in [1.54, 1.807) is 11.3 Å². The fraction of sp³-hybridized carbons (Fsp3) is 0.786. The topological polar surface area (TPSA) is 42.4 Å². The van der Waals surface area contributed by atoms with Crippen molar-refractivity contribution in [3.63, 3.8) is 0 Å². The molecule has 3 unspecified atom stereocenters. The van der Waals surface area contributed by atoms with Crippen molar-refractivity contribution in [3.8, 4) is 0 Å². The molecule has 1 aromatic heterocycles. The number of rotatable bonds is 3. The van der Waals surface area contributed by atoms with Gasteiger partial charge in [0.1, 0.15) is 0 Å². The van der Waals surface area contributed by atoms with Gasteiger partial charge in [0.05, 0.1) is 22.4 Å². The number of hydrogen-bond donors (Lipinski definition) is 1. The first kappa shape index (κ1) is 13.9. The monoisotopic (exact) mass is 299 g/mol. The lowest BCUT2D eigenvalue weighted by Gasteiger charge is -2.39. The lowest BCUT2D eigenvalue weighted by molar-refractivity contribution is -0.101. The number of aliphatic hydroxyl groups is 1. The first-order chi connectivity index (χ1) is 9.17. The molecule has 3 heterocycles. The SMILES string of the molecule is Cc1nc(CC(O)C2CCOC3(CCSC3)C2)cs1. The summed E-state index contributed by atoms with van der Waals surface area (Å²) in [5.74, 6) is 2.68. The molecule has 3 rings (SSSR count). The van der Waals surface area contributed by atoms with E-state index < -0.39 is 0 Å². The van der Waals surface area contributed by atoms with Crippen LogP contribution >= 0.6 is 23.1 Å². The summed E-state index contributed by atoms with van der Waals surface area (Å²) >= 11 is 3.64. The number of nitrogens with zero attached hydrogens (tertiary/aromatic N) is 1. The van der Waals surface area contributed by atoms with Crippen LogP contribution in [0, 0.1) is 12.8 Å². The number of thiazole rings is 1. The maximum absolute atomic E-state index is 10.5. The molecule has 0 amide bonds. The van der Waals surface area contributed by atoms with Crippen LogP contribution in [0.3, 0.4) is 0 Å². The molecule has 19 heavy (non-hydrogen) atoms. The summed E-state index contributed by atoms with van der Waals surface area (Å²) in [7, 11) is 0. The first-order valence-electron chi connectivity index (χ1n) is 6.98. The van der Waals surface area contributed by atoms with Crippen LogP contribution in [0.2, 0.25) is 0 Å². The summed E-state index contributed by atoms with van der Waals surface area (Å²) < 4.78 is 6.02. The largest absolute Gasteiger partial charge is 0.392 e. The number of aliphatic hydroxyl groups excluding tert-OH is 1. The smallest absolute Gasteiger partial charge is 0.0897 e. The van der Waals surface area contributed by atoms with Crippen molar-refractivity contribution in [2.45, 2.75) is 44.3 Å². The Morgan fingerprint density at radius 1 is 1.63 bits per heavy atom. The number of aryl methyl sites for hydroxylation is 1. The van der Waals surface area contributed by atoms with Crippen LogP contribution in [0.25, 0.3) is 0 Å². The van der Waals surface area contributed by atoms with Crippen LogP contribution in [0.1, 0.15) is 30.0 Å². The van der Waals surface area contributed by atoms with Crippen molar-refractivity contribution in [1.82, 2.24) is 4.98 Å². The number of aromatic nitrogens is 1. The maximum atomic E-state index is 10.5. The Kier molecular flexibility index (Phi) is 4.17. The predicted molar refractivity (Wildman–Crippen MR) is 79.9 cm³/mol. The second kappa shape index (κ2) is 5.72. The molecule has 0 saturated carbocycles. The highest BCUT2D eigenvalue weighted by Crippen LogP contribution is 2.41. The lowest BCUT2D eigenvalue weighted by atomic mass is 9.81. The van der Waals surface area contributed by atoms with E-state index in [1.165, 1.54) is 5.75 Å². The van der Waals surface area contributed by atoms with Gasteiger partial charge in [0.15, 0.2) is 0 Å². The quantitative estimate of drug-likeness (QED) is 0.932. The molecule has 2 fully saturated rings. The Hall–Kier alpha value is -0.100. The van der Waals surface area contributed by atoms with Crippen LogP contribution in [0.4, 0.5) is 0 Å². The van der Waals surface area contributed by atoms with Crippen molar-refractivity contribution in [3.05, 3.63) is 16.1 Å². The molecule has 0 aliphatic carbocycles. The molecule has 0 bridgehead atoms. The van der Waals surface area contributed by atoms with E-state index in [9.17, 15) is 5.11 Å². The zero-order chi connectivity index (χ0) is 13.3. The molecule has 5 heteroatoms. The predicted octanol–water partition coefficient (Wildman–Crippen LogP) is 2.66. The maximum Gasteiger partial charge on any atom is 0.0897 e. The normalized spacial score (nSPS) is 32.8. The van der Waals surface area contributed by atoms with Crippen molar-refractivity contribution in [1.29, 1.82) is 0 Å². The Morgan fingerprint density at radius 3 is 3.21 bits per heavy atom. The third kappa shape index (κ3) is 3.15. The second-order valence-corrected chi connectivity index (χ2v) is 7.88. The molecule has 1 aromatic rings. The van der Waals surface area contributed by atoms with Crippen molar-refractivity contribution < 1.29 is 9.84 Å². The van der Waals surface area contributed by atoms with Gasteiger partial charge >= 0.3 is 0 Å². The number of hydrogen-bond acceptors (Lipinski definition) is 5. The highest BCUT2D eigenvalue weighted by Gasteiger charge is 2.42. The van der Waals surface area contributed by atoms with Crippen LogP contribution in [0.15, 0.2) is 5.38 Å². The average Bonchev–Trinajstić information content (AvgIpc) is 3.00. The van der Waals surface area contributed by atoms with Crippen molar-refractivity contribution in [2.24, 2.45) is 5.92 Å². The van der Waals surface area contributed by atoms with Gasteiger partial charge in [-0.2, -0.15) is 11.8 Å². The molecule has 2 aliphatic rings. The van der Waals surface area contributed by atoms with E-state index >= 15 is 0 Å². The fourth-order valence-corrected chi connectivity index (χ4v) is 5.14. The van der Waals surface area contributed by atoms with Crippen LogP contribution in [-0.2, 0) is 11.2 Å². The van der Waals surface area contributed by atoms with Crippen LogP contribution in [0.5, 0.6) is 0 Å². The van der Waals surface area contributed by atoms with E-state index in [0.717, 1.165) is 42.3 Å². The van der Waals surface area contributed by atoms with Gasteiger partial charge in [-0.3, -0.25) is 0 Å². The summed E-state index contributed by atoms with van der Waals surface area (Å²) in [5.41, 5.74) is 1.10. The summed E-state index contributed by atoms with van der Waals surface area (Å²) in [6.45, 7) is 2.82. The summed E-state index contributed by atoms with van der Waals surface area (Å²) in [4.78, 5) is 4.46.